The lowest BCUT2D eigenvalue weighted by molar-refractivity contribution is -0.160. The number of benzene rings is 1. The number of H-pyrrole nitrogens is 1. The van der Waals surface area contributed by atoms with Crippen molar-refractivity contribution in [1.29, 1.82) is 0 Å². The Morgan fingerprint density at radius 3 is 2.83 bits per heavy atom. The average Bonchev–Trinajstić information content (AvgIpc) is 3.30. The Balaban J connectivity index is 1.63. The summed E-state index contributed by atoms with van der Waals surface area (Å²) in [6.45, 7) is 5.74. The van der Waals surface area contributed by atoms with Crippen LogP contribution in [0, 0.1) is 19.7 Å². The van der Waals surface area contributed by atoms with Crippen LogP contribution in [-0.2, 0) is 14.4 Å². The molecule has 0 radical (unpaired) electrons. The monoisotopic (exact) mass is 412 g/mol. The average molecular weight is 412 g/mol. The van der Waals surface area contributed by atoms with Crippen LogP contribution in [0.25, 0.3) is 11.6 Å². The van der Waals surface area contributed by atoms with Crippen LogP contribution in [-0.4, -0.2) is 47.0 Å². The van der Waals surface area contributed by atoms with Gasteiger partial charge in [0.15, 0.2) is 0 Å². The lowest BCUT2D eigenvalue weighted by Gasteiger charge is -2.12. The number of anilines is 1. The third kappa shape index (κ3) is 3.26. The van der Waals surface area contributed by atoms with Crippen molar-refractivity contribution in [2.45, 2.75) is 26.8 Å². The minimum absolute atomic E-state index is 0.0837. The van der Waals surface area contributed by atoms with Crippen molar-refractivity contribution in [2.24, 2.45) is 0 Å². The van der Waals surface area contributed by atoms with E-state index in [9.17, 15) is 18.8 Å². The van der Waals surface area contributed by atoms with Gasteiger partial charge in [0.25, 0.3) is 17.7 Å². The van der Waals surface area contributed by atoms with Crippen LogP contribution in [0.4, 0.5) is 10.1 Å². The molecule has 8 nitrogen and oxygen atoms in total. The third-order valence-corrected chi connectivity index (χ3v) is 5.29. The normalized spacial score (nSPS) is 19.4. The topological polar surface area (TPSA) is 104 Å². The summed E-state index contributed by atoms with van der Waals surface area (Å²) in [5, 5.41) is 6.62. The van der Waals surface area contributed by atoms with E-state index in [1.54, 1.807) is 26.8 Å². The number of hydroxylamine groups is 2. The molecule has 0 saturated carbocycles. The predicted octanol–water partition coefficient (Wildman–Crippen LogP) is 2.16. The highest BCUT2D eigenvalue weighted by Gasteiger charge is 2.34. The Morgan fingerprint density at radius 1 is 1.37 bits per heavy atom. The van der Waals surface area contributed by atoms with Gasteiger partial charge in [-0.15, -0.1) is 0 Å². The minimum atomic E-state index is -0.747. The van der Waals surface area contributed by atoms with Crippen LogP contribution in [0.1, 0.15) is 39.8 Å². The number of carbonyl (C=O) groups is 3. The number of hydrogen-bond acceptors (Lipinski definition) is 4. The molecule has 1 atom stereocenters. The highest BCUT2D eigenvalue weighted by Crippen LogP contribution is 2.34. The van der Waals surface area contributed by atoms with Gasteiger partial charge in [0.1, 0.15) is 18.5 Å². The van der Waals surface area contributed by atoms with E-state index in [4.69, 9.17) is 4.84 Å². The second-order valence-corrected chi connectivity index (χ2v) is 7.22. The summed E-state index contributed by atoms with van der Waals surface area (Å²) in [5.74, 6) is -1.49. The van der Waals surface area contributed by atoms with E-state index in [0.29, 0.717) is 45.9 Å². The predicted molar refractivity (Wildman–Crippen MR) is 108 cm³/mol. The molecule has 2 aliphatic heterocycles. The molecule has 0 spiro atoms. The molecule has 2 aromatic rings. The summed E-state index contributed by atoms with van der Waals surface area (Å²) in [6, 6.07) is 3.34. The highest BCUT2D eigenvalue weighted by molar-refractivity contribution is 6.34. The van der Waals surface area contributed by atoms with Gasteiger partial charge in [-0.05, 0) is 50.6 Å². The van der Waals surface area contributed by atoms with E-state index in [1.165, 1.54) is 23.3 Å². The molecule has 9 heteroatoms. The van der Waals surface area contributed by atoms with Gasteiger partial charge in [-0.2, -0.15) is 0 Å². The van der Waals surface area contributed by atoms with Gasteiger partial charge >= 0.3 is 0 Å². The van der Waals surface area contributed by atoms with Crippen molar-refractivity contribution in [2.75, 3.05) is 18.5 Å². The SMILES string of the molecule is CCN1OC[C@@H](NC(=O)c2c(C)[nH]c(/C=C3\C(=O)Nc4ccc(F)cc43)c2C)C1=O. The maximum Gasteiger partial charge on any atom is 0.271 e. The fourth-order valence-corrected chi connectivity index (χ4v) is 3.76. The van der Waals surface area contributed by atoms with Crippen LogP contribution in [0.3, 0.4) is 0 Å². The summed E-state index contributed by atoms with van der Waals surface area (Å²) < 4.78 is 13.7. The molecule has 156 valence electrons. The van der Waals surface area contributed by atoms with E-state index in [0.717, 1.165) is 0 Å². The number of hydrogen-bond donors (Lipinski definition) is 3. The van der Waals surface area contributed by atoms with Crippen LogP contribution >= 0.6 is 0 Å². The minimum Gasteiger partial charge on any atom is -0.358 e. The maximum atomic E-state index is 13.7. The van der Waals surface area contributed by atoms with E-state index in [-0.39, 0.29) is 18.4 Å². The van der Waals surface area contributed by atoms with Crippen LogP contribution in [0.5, 0.6) is 0 Å². The molecule has 0 unspecified atom stereocenters. The molecular weight excluding hydrogens is 391 g/mol. The van der Waals surface area contributed by atoms with E-state index in [2.05, 4.69) is 15.6 Å². The zero-order valence-electron chi connectivity index (χ0n) is 16.8. The number of nitrogens with zero attached hydrogens (tertiary/aromatic N) is 1. The van der Waals surface area contributed by atoms with Gasteiger partial charge in [-0.3, -0.25) is 19.2 Å². The Hall–Kier alpha value is -3.46. The fourth-order valence-electron chi connectivity index (χ4n) is 3.76. The Kier molecular flexibility index (Phi) is 4.90. The summed E-state index contributed by atoms with van der Waals surface area (Å²) in [5.41, 5.74) is 3.46. The number of rotatable bonds is 4. The van der Waals surface area contributed by atoms with Crippen molar-refractivity contribution >= 4 is 35.1 Å². The fraction of sp³-hybridized carbons (Fsp3) is 0.286. The number of aryl methyl sites for hydroxylation is 1. The molecule has 1 aromatic heterocycles. The first-order valence-electron chi connectivity index (χ1n) is 9.57. The summed E-state index contributed by atoms with van der Waals surface area (Å²) in [6.07, 6.45) is 1.60. The molecule has 0 aliphatic carbocycles. The van der Waals surface area contributed by atoms with Crippen molar-refractivity contribution in [1.82, 2.24) is 15.4 Å². The Bertz CT molecular complexity index is 1100. The largest absolute Gasteiger partial charge is 0.358 e. The molecular formula is C21H21FN4O4. The Labute approximate surface area is 172 Å². The van der Waals surface area contributed by atoms with Crippen LogP contribution in [0.2, 0.25) is 0 Å². The molecule has 2 aliphatic rings. The zero-order valence-corrected chi connectivity index (χ0v) is 16.8. The standard InChI is InChI=1S/C21H21FN4O4/c1-4-26-21(29)17(9-30-26)25-20(28)18-10(2)16(23-11(18)3)8-14-13-7-12(22)5-6-15(13)24-19(14)27/h5-8,17,23H,4,9H2,1-3H3,(H,24,27)(H,25,28)/b14-8-/t17-/m1/s1. The van der Waals surface area contributed by atoms with E-state index >= 15 is 0 Å². The summed E-state index contributed by atoms with van der Waals surface area (Å²) in [4.78, 5) is 45.7. The maximum absolute atomic E-state index is 13.7. The van der Waals surface area contributed by atoms with Crippen LogP contribution < -0.4 is 10.6 Å². The lowest BCUT2D eigenvalue weighted by atomic mass is 10.0. The number of likely N-dealkylation sites (N-methyl/N-ethyl adjacent to an activating group) is 1. The highest BCUT2D eigenvalue weighted by atomic mass is 19.1. The lowest BCUT2D eigenvalue weighted by Crippen LogP contribution is -2.42. The number of halogens is 1. The third-order valence-electron chi connectivity index (χ3n) is 5.29. The quantitative estimate of drug-likeness (QED) is 0.670. The molecule has 3 amide bonds. The number of carbonyl (C=O) groups excluding carboxylic acids is 3. The van der Waals surface area contributed by atoms with Crippen molar-refractivity contribution in [3.05, 3.63) is 52.1 Å². The van der Waals surface area contributed by atoms with Gasteiger partial charge in [0, 0.05) is 29.2 Å². The first-order chi connectivity index (χ1) is 14.3. The number of aromatic amines is 1. The van der Waals surface area contributed by atoms with Crippen molar-refractivity contribution < 1.29 is 23.6 Å². The molecule has 4 rings (SSSR count). The first kappa shape index (κ1) is 19.8. The Morgan fingerprint density at radius 2 is 2.13 bits per heavy atom. The van der Waals surface area contributed by atoms with E-state index < -0.39 is 17.8 Å². The molecule has 0 bridgehead atoms. The van der Waals surface area contributed by atoms with E-state index in [1.807, 2.05) is 0 Å². The molecule has 1 saturated heterocycles. The molecule has 3 heterocycles. The first-order valence-corrected chi connectivity index (χ1v) is 9.57. The molecule has 30 heavy (non-hydrogen) atoms. The van der Waals surface area contributed by atoms with Gasteiger partial charge < -0.3 is 15.6 Å². The van der Waals surface area contributed by atoms with Crippen LogP contribution in [0.15, 0.2) is 18.2 Å². The number of nitrogens with one attached hydrogen (secondary N) is 3. The zero-order chi connectivity index (χ0) is 21.6. The second-order valence-electron chi connectivity index (χ2n) is 7.22. The molecule has 1 fully saturated rings. The smallest absolute Gasteiger partial charge is 0.271 e. The second kappa shape index (κ2) is 7.42. The summed E-state index contributed by atoms with van der Waals surface area (Å²) in [7, 11) is 0. The molecule has 1 aromatic carbocycles. The molecule has 3 N–H and O–H groups in total. The van der Waals surface area contributed by atoms with Crippen molar-refractivity contribution in [3.63, 3.8) is 0 Å². The van der Waals surface area contributed by atoms with Gasteiger partial charge in [-0.1, -0.05) is 0 Å². The van der Waals surface area contributed by atoms with Gasteiger partial charge in [0.05, 0.1) is 11.1 Å². The number of fused-ring (bicyclic) bond motifs is 1. The number of aromatic nitrogens is 1. The van der Waals surface area contributed by atoms with Gasteiger partial charge in [0.2, 0.25) is 0 Å². The van der Waals surface area contributed by atoms with Crippen molar-refractivity contribution in [3.8, 4) is 0 Å². The van der Waals surface area contributed by atoms with Gasteiger partial charge in [-0.25, -0.2) is 9.45 Å². The summed E-state index contributed by atoms with van der Waals surface area (Å²) >= 11 is 0. The number of amides is 3.